The van der Waals surface area contributed by atoms with E-state index < -0.39 is 0 Å². The number of aromatic nitrogens is 4. The van der Waals surface area contributed by atoms with Gasteiger partial charge in [-0.2, -0.15) is 4.80 Å². The van der Waals surface area contributed by atoms with Crippen LogP contribution in [0.15, 0.2) is 5.17 Å². The Morgan fingerprint density at radius 1 is 1.47 bits per heavy atom. The number of carbonyl (C=O) groups excluding carboxylic acids is 1. The number of anilines is 1. The second kappa shape index (κ2) is 6.27. The molecule has 82 valence electrons. The summed E-state index contributed by atoms with van der Waals surface area (Å²) in [7, 11) is 0. The predicted molar refractivity (Wildman–Crippen MR) is 81.2 cm³/mol. The standard InChI is InChI=1S/C6H6I3N5O/c1-3(15)10-6-11-13-14(12-6)2-4(7)5(8)9/h2H2,1H3,(H,10,12,15). The molecule has 0 bridgehead atoms. The van der Waals surface area contributed by atoms with Crippen molar-refractivity contribution in [3.63, 3.8) is 0 Å². The van der Waals surface area contributed by atoms with E-state index in [4.69, 9.17) is 0 Å². The van der Waals surface area contributed by atoms with Crippen LogP contribution in [0.1, 0.15) is 6.92 Å². The number of amides is 1. The van der Waals surface area contributed by atoms with Crippen LogP contribution in [-0.4, -0.2) is 26.1 Å². The minimum atomic E-state index is -0.205. The second-order valence-electron chi connectivity index (χ2n) is 2.49. The van der Waals surface area contributed by atoms with Crippen molar-refractivity contribution in [1.29, 1.82) is 0 Å². The van der Waals surface area contributed by atoms with Crippen LogP contribution < -0.4 is 5.32 Å². The molecule has 0 saturated heterocycles. The zero-order chi connectivity index (χ0) is 11.4. The van der Waals surface area contributed by atoms with Gasteiger partial charge in [0.15, 0.2) is 0 Å². The summed E-state index contributed by atoms with van der Waals surface area (Å²) in [6.45, 7) is 1.96. The third kappa shape index (κ3) is 4.88. The SMILES string of the molecule is CC(=O)Nc1nnn(CC(I)=C(I)I)n1. The zero-order valence-electron chi connectivity index (χ0n) is 7.54. The average Bonchev–Trinajstić information content (AvgIpc) is 2.51. The number of nitrogens with one attached hydrogen (secondary N) is 1. The molecule has 0 aliphatic rings. The fourth-order valence-corrected chi connectivity index (χ4v) is 1.35. The minimum Gasteiger partial charge on any atom is -0.292 e. The molecule has 0 aliphatic carbocycles. The van der Waals surface area contributed by atoms with E-state index in [0.29, 0.717) is 6.54 Å². The van der Waals surface area contributed by atoms with Crippen LogP contribution in [0, 0.1) is 0 Å². The van der Waals surface area contributed by atoms with Crippen LogP contribution in [0.3, 0.4) is 0 Å². The monoisotopic (exact) mass is 545 g/mol. The van der Waals surface area contributed by atoms with Gasteiger partial charge >= 0.3 is 0 Å². The topological polar surface area (TPSA) is 72.7 Å². The molecule has 1 rings (SSSR count). The Balaban J connectivity index is 2.69. The maximum absolute atomic E-state index is 10.7. The number of hydrogen-bond donors (Lipinski definition) is 1. The molecule has 1 aromatic rings. The minimum absolute atomic E-state index is 0.205. The summed E-state index contributed by atoms with van der Waals surface area (Å²) < 4.78 is 2.28. The van der Waals surface area contributed by atoms with E-state index in [9.17, 15) is 4.79 Å². The van der Waals surface area contributed by atoms with Crippen molar-refractivity contribution >= 4 is 79.6 Å². The van der Waals surface area contributed by atoms with E-state index >= 15 is 0 Å². The van der Waals surface area contributed by atoms with Gasteiger partial charge in [-0.3, -0.25) is 10.1 Å². The Labute approximate surface area is 127 Å². The molecule has 0 aliphatic heterocycles. The van der Waals surface area contributed by atoms with Gasteiger partial charge in [-0.1, -0.05) is 5.10 Å². The highest BCUT2D eigenvalue weighted by molar-refractivity contribution is 14.2. The summed E-state index contributed by atoms with van der Waals surface area (Å²) in [6, 6.07) is 0. The second-order valence-corrected chi connectivity index (χ2v) is 8.01. The molecule has 0 radical (unpaired) electrons. The number of allylic oxidation sites excluding steroid dienone is 1. The fraction of sp³-hybridized carbons (Fsp3) is 0.333. The molecule has 0 spiro atoms. The highest BCUT2D eigenvalue weighted by atomic mass is 127. The van der Waals surface area contributed by atoms with Crippen LogP contribution in [0.4, 0.5) is 5.95 Å². The predicted octanol–water partition coefficient (Wildman–Crippen LogP) is 2.11. The number of tetrazole rings is 1. The molecular formula is C6H6I3N5O. The van der Waals surface area contributed by atoms with E-state index in [1.807, 2.05) is 0 Å². The van der Waals surface area contributed by atoms with Crippen LogP contribution in [-0.2, 0) is 11.3 Å². The van der Waals surface area contributed by atoms with Gasteiger partial charge in [-0.25, -0.2) is 0 Å². The summed E-state index contributed by atoms with van der Waals surface area (Å²) in [4.78, 5) is 12.1. The first kappa shape index (κ1) is 13.5. The van der Waals surface area contributed by atoms with Gasteiger partial charge in [0.1, 0.15) is 0 Å². The number of carbonyl (C=O) groups is 1. The van der Waals surface area contributed by atoms with Crippen molar-refractivity contribution in [2.24, 2.45) is 0 Å². The van der Waals surface area contributed by atoms with Gasteiger partial charge in [0, 0.05) is 10.5 Å². The van der Waals surface area contributed by atoms with E-state index in [-0.39, 0.29) is 11.9 Å². The van der Waals surface area contributed by atoms with Gasteiger partial charge in [0.25, 0.3) is 5.95 Å². The maximum Gasteiger partial charge on any atom is 0.270 e. The van der Waals surface area contributed by atoms with Gasteiger partial charge in [-0.05, 0) is 73.0 Å². The van der Waals surface area contributed by atoms with E-state index in [2.05, 4.69) is 88.5 Å². The summed E-state index contributed by atoms with van der Waals surface area (Å²) in [5.74, 6) is 0.0263. The molecule has 0 fully saturated rings. The van der Waals surface area contributed by atoms with Gasteiger partial charge in [0.05, 0.1) is 8.13 Å². The first-order valence-corrected chi connectivity index (χ1v) is 6.97. The Morgan fingerprint density at radius 3 is 2.67 bits per heavy atom. The average molecular weight is 545 g/mol. The first-order chi connectivity index (χ1) is 6.99. The lowest BCUT2D eigenvalue weighted by Gasteiger charge is -1.97. The van der Waals surface area contributed by atoms with Crippen molar-refractivity contribution in [2.75, 3.05) is 5.32 Å². The highest BCUT2D eigenvalue weighted by Crippen LogP contribution is 2.25. The summed E-state index contributed by atoms with van der Waals surface area (Å²) >= 11 is 6.66. The Hall–Kier alpha value is 0.470. The van der Waals surface area contributed by atoms with Crippen LogP contribution in [0.5, 0.6) is 0 Å². The third-order valence-electron chi connectivity index (χ3n) is 1.23. The maximum atomic E-state index is 10.7. The Bertz CT molecular complexity index is 397. The lowest BCUT2D eigenvalue weighted by Crippen LogP contribution is -2.08. The normalized spacial score (nSPS) is 9.87. The molecule has 1 N–H and O–H groups in total. The quantitative estimate of drug-likeness (QED) is 0.592. The zero-order valence-corrected chi connectivity index (χ0v) is 14.0. The van der Waals surface area contributed by atoms with E-state index in [1.165, 1.54) is 11.7 Å². The Kier molecular flexibility index (Phi) is 5.65. The molecule has 15 heavy (non-hydrogen) atoms. The molecule has 0 unspecified atom stereocenters. The molecule has 6 nitrogen and oxygen atoms in total. The summed E-state index contributed by atoms with van der Waals surface area (Å²) in [5, 5.41) is 13.9. The van der Waals surface area contributed by atoms with Crippen molar-refractivity contribution < 1.29 is 4.79 Å². The van der Waals surface area contributed by atoms with E-state index in [0.717, 1.165) is 5.17 Å². The highest BCUT2D eigenvalue weighted by Gasteiger charge is 2.05. The number of rotatable bonds is 3. The smallest absolute Gasteiger partial charge is 0.270 e. The van der Waals surface area contributed by atoms with Gasteiger partial charge in [0.2, 0.25) is 5.91 Å². The molecule has 9 heteroatoms. The summed E-state index contributed by atoms with van der Waals surface area (Å²) in [6.07, 6.45) is 0. The molecule has 1 heterocycles. The van der Waals surface area contributed by atoms with E-state index in [1.54, 1.807) is 0 Å². The number of halogens is 3. The molecule has 1 amide bonds. The molecule has 0 saturated carbocycles. The van der Waals surface area contributed by atoms with Crippen molar-refractivity contribution in [3.8, 4) is 0 Å². The summed E-state index contributed by atoms with van der Waals surface area (Å²) in [5.41, 5.74) is 0. The molecule has 1 aromatic heterocycles. The lowest BCUT2D eigenvalue weighted by atomic mass is 10.6. The number of nitrogens with zero attached hydrogens (tertiary/aromatic N) is 4. The van der Waals surface area contributed by atoms with Gasteiger partial charge in [-0.15, -0.1) is 5.10 Å². The van der Waals surface area contributed by atoms with Gasteiger partial charge < -0.3 is 0 Å². The van der Waals surface area contributed by atoms with Crippen molar-refractivity contribution in [1.82, 2.24) is 20.2 Å². The largest absolute Gasteiger partial charge is 0.292 e. The lowest BCUT2D eigenvalue weighted by molar-refractivity contribution is -0.114. The van der Waals surface area contributed by atoms with Crippen LogP contribution in [0.2, 0.25) is 0 Å². The molecule has 0 atom stereocenters. The van der Waals surface area contributed by atoms with Crippen LogP contribution in [0.25, 0.3) is 0 Å². The molecule has 0 aromatic carbocycles. The van der Waals surface area contributed by atoms with Crippen molar-refractivity contribution in [2.45, 2.75) is 13.5 Å². The molecular weight excluding hydrogens is 539 g/mol. The Morgan fingerprint density at radius 2 is 2.13 bits per heavy atom. The number of hydrogen-bond acceptors (Lipinski definition) is 4. The third-order valence-corrected chi connectivity index (χ3v) is 5.47. The fourth-order valence-electron chi connectivity index (χ4n) is 0.702. The van der Waals surface area contributed by atoms with Crippen molar-refractivity contribution in [3.05, 3.63) is 5.17 Å². The van der Waals surface area contributed by atoms with Crippen LogP contribution >= 0.6 is 67.8 Å². The first-order valence-electron chi connectivity index (χ1n) is 3.74.